The van der Waals surface area contributed by atoms with E-state index in [0.29, 0.717) is 13.2 Å². The molecular formula is C14H16ClNO4. The summed E-state index contributed by atoms with van der Waals surface area (Å²) in [5.41, 5.74) is 0.908. The molecule has 0 aliphatic carbocycles. The second-order valence-electron chi connectivity index (χ2n) is 4.43. The fraction of sp³-hybridized carbons (Fsp3) is 0.429. The summed E-state index contributed by atoms with van der Waals surface area (Å²) in [6, 6.07) is 9.39. The van der Waals surface area contributed by atoms with Gasteiger partial charge in [-0.25, -0.2) is 4.79 Å². The van der Waals surface area contributed by atoms with Gasteiger partial charge < -0.3 is 14.4 Å². The normalized spacial score (nSPS) is 18.6. The van der Waals surface area contributed by atoms with Crippen LogP contribution in [0.1, 0.15) is 5.56 Å². The van der Waals surface area contributed by atoms with E-state index in [1.165, 1.54) is 4.90 Å². The summed E-state index contributed by atoms with van der Waals surface area (Å²) < 4.78 is 10.5. The summed E-state index contributed by atoms with van der Waals surface area (Å²) in [6.07, 6.45) is -0.736. The first-order valence-corrected chi connectivity index (χ1v) is 6.90. The molecule has 0 saturated carbocycles. The zero-order valence-electron chi connectivity index (χ0n) is 11.0. The highest BCUT2D eigenvalue weighted by atomic mass is 35.5. The van der Waals surface area contributed by atoms with Crippen LogP contribution in [0.2, 0.25) is 0 Å². The highest BCUT2D eigenvalue weighted by molar-refractivity contribution is 6.27. The lowest BCUT2D eigenvalue weighted by Gasteiger charge is -2.31. The van der Waals surface area contributed by atoms with Gasteiger partial charge in [0.05, 0.1) is 13.2 Å². The maximum atomic E-state index is 11.9. The Morgan fingerprint density at radius 2 is 2.10 bits per heavy atom. The number of alkyl halides is 1. The highest BCUT2D eigenvalue weighted by Gasteiger charge is 2.29. The van der Waals surface area contributed by atoms with Crippen LogP contribution in [0, 0.1) is 0 Å². The molecule has 6 heteroatoms. The summed E-state index contributed by atoms with van der Waals surface area (Å²) in [6.45, 7) is 1.16. The van der Waals surface area contributed by atoms with Gasteiger partial charge in [-0.3, -0.25) is 4.79 Å². The molecule has 108 valence electrons. The molecule has 1 amide bonds. The fourth-order valence-corrected chi connectivity index (χ4v) is 2.09. The van der Waals surface area contributed by atoms with Gasteiger partial charge in [-0.2, -0.15) is 0 Å². The Morgan fingerprint density at radius 1 is 1.35 bits per heavy atom. The number of halogens is 1. The van der Waals surface area contributed by atoms with Crippen molar-refractivity contribution in [2.75, 3.05) is 25.6 Å². The van der Waals surface area contributed by atoms with E-state index >= 15 is 0 Å². The van der Waals surface area contributed by atoms with Crippen LogP contribution in [0.15, 0.2) is 30.3 Å². The molecule has 0 aromatic heterocycles. The van der Waals surface area contributed by atoms with Crippen molar-refractivity contribution in [1.82, 2.24) is 4.90 Å². The molecular weight excluding hydrogens is 282 g/mol. The summed E-state index contributed by atoms with van der Waals surface area (Å²) >= 11 is 5.51. The molecule has 0 N–H and O–H groups in total. The van der Waals surface area contributed by atoms with Crippen LogP contribution in [0.3, 0.4) is 0 Å². The Hall–Kier alpha value is -1.59. The zero-order chi connectivity index (χ0) is 14.4. The smallest absolute Gasteiger partial charge is 0.337 e. The van der Waals surface area contributed by atoms with Crippen LogP contribution in [0.5, 0.6) is 0 Å². The Balaban J connectivity index is 1.84. The van der Waals surface area contributed by atoms with Gasteiger partial charge in [0.25, 0.3) is 0 Å². The number of morpholine rings is 1. The van der Waals surface area contributed by atoms with Crippen LogP contribution in [-0.4, -0.2) is 48.5 Å². The van der Waals surface area contributed by atoms with Crippen molar-refractivity contribution in [3.05, 3.63) is 35.9 Å². The van der Waals surface area contributed by atoms with Crippen molar-refractivity contribution >= 4 is 23.5 Å². The van der Waals surface area contributed by atoms with Crippen molar-refractivity contribution in [3.8, 4) is 0 Å². The molecule has 1 fully saturated rings. The molecule has 1 atom stereocenters. The van der Waals surface area contributed by atoms with Crippen molar-refractivity contribution in [1.29, 1.82) is 0 Å². The summed E-state index contributed by atoms with van der Waals surface area (Å²) in [5, 5.41) is 0. The highest BCUT2D eigenvalue weighted by Crippen LogP contribution is 2.09. The second-order valence-corrected chi connectivity index (χ2v) is 4.69. The number of carbonyl (C=O) groups is 2. The number of benzene rings is 1. The molecule has 0 spiro atoms. The molecule has 0 radical (unpaired) electrons. The topological polar surface area (TPSA) is 55.8 Å². The van der Waals surface area contributed by atoms with Crippen LogP contribution in [0.4, 0.5) is 0 Å². The first kappa shape index (κ1) is 14.8. The lowest BCUT2D eigenvalue weighted by molar-refractivity contribution is -0.166. The monoisotopic (exact) mass is 297 g/mol. The average Bonchev–Trinajstić information content (AvgIpc) is 2.53. The van der Waals surface area contributed by atoms with E-state index in [2.05, 4.69) is 0 Å². The molecule has 20 heavy (non-hydrogen) atoms. The largest absolute Gasteiger partial charge is 0.459 e. The standard InChI is InChI=1S/C14H16ClNO4/c15-8-13(17)16-6-7-19-12(9-16)14(18)20-10-11-4-2-1-3-5-11/h1-5,12H,6-10H2/t12-/m0/s1. The number of hydrogen-bond acceptors (Lipinski definition) is 4. The third-order valence-electron chi connectivity index (χ3n) is 3.02. The number of nitrogens with zero attached hydrogens (tertiary/aromatic N) is 1. The molecule has 1 aliphatic rings. The Bertz CT molecular complexity index is 466. The predicted octanol–water partition coefficient (Wildman–Crippen LogP) is 1.20. The van der Waals surface area contributed by atoms with Gasteiger partial charge in [0, 0.05) is 6.54 Å². The summed E-state index contributed by atoms with van der Waals surface area (Å²) in [5.74, 6) is -0.747. The molecule has 1 saturated heterocycles. The van der Waals surface area contributed by atoms with Gasteiger partial charge in [0.15, 0.2) is 6.10 Å². The first-order chi connectivity index (χ1) is 9.70. The third kappa shape index (κ3) is 3.95. The lowest BCUT2D eigenvalue weighted by Crippen LogP contribution is -2.49. The molecule has 2 rings (SSSR count). The third-order valence-corrected chi connectivity index (χ3v) is 3.25. The van der Waals surface area contributed by atoms with Crippen molar-refractivity contribution in [3.63, 3.8) is 0 Å². The summed E-state index contributed by atoms with van der Waals surface area (Å²) in [7, 11) is 0. The Kier molecular flexibility index (Phi) is 5.38. The SMILES string of the molecule is O=C(OCc1ccccc1)[C@@H]1CN(C(=O)CCl)CCO1. The number of rotatable bonds is 4. The van der Waals surface area contributed by atoms with Gasteiger partial charge in [-0.05, 0) is 5.56 Å². The maximum absolute atomic E-state index is 11.9. The molecule has 1 aromatic rings. The minimum atomic E-state index is -0.736. The first-order valence-electron chi connectivity index (χ1n) is 6.36. The number of ether oxygens (including phenoxy) is 2. The quantitative estimate of drug-likeness (QED) is 0.619. The predicted molar refractivity (Wildman–Crippen MR) is 73.3 cm³/mol. The van der Waals surface area contributed by atoms with E-state index in [1.54, 1.807) is 0 Å². The van der Waals surface area contributed by atoms with Crippen LogP contribution >= 0.6 is 11.6 Å². The van der Waals surface area contributed by atoms with Crippen LogP contribution in [-0.2, 0) is 25.7 Å². The molecule has 1 aliphatic heterocycles. The Morgan fingerprint density at radius 3 is 2.80 bits per heavy atom. The number of carbonyl (C=O) groups excluding carboxylic acids is 2. The van der Waals surface area contributed by atoms with Gasteiger partial charge in [-0.15, -0.1) is 11.6 Å². The van der Waals surface area contributed by atoms with Crippen molar-refractivity contribution < 1.29 is 19.1 Å². The van der Waals surface area contributed by atoms with E-state index in [0.717, 1.165) is 5.56 Å². The van der Waals surface area contributed by atoms with Gasteiger partial charge in [0.2, 0.25) is 5.91 Å². The van der Waals surface area contributed by atoms with Gasteiger partial charge in [-0.1, -0.05) is 30.3 Å². The molecule has 5 nitrogen and oxygen atoms in total. The average molecular weight is 298 g/mol. The van der Waals surface area contributed by atoms with Crippen molar-refractivity contribution in [2.45, 2.75) is 12.7 Å². The maximum Gasteiger partial charge on any atom is 0.337 e. The number of esters is 1. The Labute approximate surface area is 122 Å². The van der Waals surface area contributed by atoms with Gasteiger partial charge >= 0.3 is 5.97 Å². The molecule has 0 unspecified atom stereocenters. The summed E-state index contributed by atoms with van der Waals surface area (Å²) in [4.78, 5) is 24.9. The fourth-order valence-electron chi connectivity index (χ4n) is 1.92. The minimum Gasteiger partial charge on any atom is -0.459 e. The van der Waals surface area contributed by atoms with E-state index in [4.69, 9.17) is 21.1 Å². The van der Waals surface area contributed by atoms with E-state index in [1.807, 2.05) is 30.3 Å². The van der Waals surface area contributed by atoms with E-state index in [-0.39, 0.29) is 24.9 Å². The van der Waals surface area contributed by atoms with Crippen LogP contribution in [0.25, 0.3) is 0 Å². The lowest BCUT2D eigenvalue weighted by atomic mass is 10.2. The van der Waals surface area contributed by atoms with Crippen LogP contribution < -0.4 is 0 Å². The molecule has 1 heterocycles. The minimum absolute atomic E-state index is 0.0915. The molecule has 1 aromatic carbocycles. The van der Waals surface area contributed by atoms with E-state index < -0.39 is 12.1 Å². The second kappa shape index (κ2) is 7.26. The van der Waals surface area contributed by atoms with Crippen molar-refractivity contribution in [2.24, 2.45) is 0 Å². The molecule has 0 bridgehead atoms. The number of hydrogen-bond donors (Lipinski definition) is 0. The van der Waals surface area contributed by atoms with E-state index in [9.17, 15) is 9.59 Å². The zero-order valence-corrected chi connectivity index (χ0v) is 11.7. The van der Waals surface area contributed by atoms with Gasteiger partial charge in [0.1, 0.15) is 12.5 Å². The number of amides is 1.